The molecule has 0 aliphatic carbocycles. The summed E-state index contributed by atoms with van der Waals surface area (Å²) in [5, 5.41) is 0.984. The Kier molecular flexibility index (Phi) is 5.15. The van der Waals surface area contributed by atoms with E-state index < -0.39 is 5.97 Å². The average Bonchev–Trinajstić information content (AvgIpc) is 2.90. The van der Waals surface area contributed by atoms with Crippen LogP contribution in [0.1, 0.15) is 49.3 Å². The molecule has 0 aliphatic heterocycles. The first-order chi connectivity index (χ1) is 10.8. The lowest BCUT2D eigenvalue weighted by molar-refractivity contribution is 0.0600. The van der Waals surface area contributed by atoms with Gasteiger partial charge in [0.2, 0.25) is 0 Å². The lowest BCUT2D eigenvalue weighted by Crippen LogP contribution is -2.29. The number of methoxy groups -OCH3 is 1. The van der Waals surface area contributed by atoms with Gasteiger partial charge in [0.05, 0.1) is 29.4 Å². The van der Waals surface area contributed by atoms with E-state index in [-0.39, 0.29) is 11.9 Å². The number of aromatic nitrogens is 1. The number of benzene rings is 1. The Labute approximate surface area is 139 Å². The molecule has 0 bridgehead atoms. The van der Waals surface area contributed by atoms with Gasteiger partial charge in [0, 0.05) is 17.5 Å². The first-order valence-corrected chi connectivity index (χ1v) is 8.06. The third-order valence-electron chi connectivity index (χ3n) is 3.75. The molecule has 2 aromatic rings. The van der Waals surface area contributed by atoms with Gasteiger partial charge in [-0.15, -0.1) is 11.3 Å². The molecule has 0 spiro atoms. The van der Waals surface area contributed by atoms with Crippen molar-refractivity contribution < 1.29 is 14.3 Å². The second-order valence-corrected chi connectivity index (χ2v) is 6.58. The summed E-state index contributed by atoms with van der Waals surface area (Å²) in [6.07, 6.45) is 0. The molecule has 0 saturated carbocycles. The van der Waals surface area contributed by atoms with Crippen molar-refractivity contribution in [2.45, 2.75) is 26.8 Å². The van der Waals surface area contributed by atoms with Gasteiger partial charge >= 0.3 is 5.97 Å². The van der Waals surface area contributed by atoms with E-state index >= 15 is 0 Å². The summed E-state index contributed by atoms with van der Waals surface area (Å²) < 4.78 is 4.70. The number of hydrogen-bond donors (Lipinski definition) is 0. The SMILES string of the molecule is COC(=O)c1cccc(C(=O)N(C)C(C)c2sc(C)nc2C)c1. The number of esters is 1. The number of carbonyl (C=O) groups excluding carboxylic acids is 2. The van der Waals surface area contributed by atoms with Crippen molar-refractivity contribution in [1.82, 2.24) is 9.88 Å². The van der Waals surface area contributed by atoms with E-state index in [2.05, 4.69) is 4.98 Å². The maximum Gasteiger partial charge on any atom is 0.337 e. The molecule has 0 fully saturated rings. The van der Waals surface area contributed by atoms with Gasteiger partial charge in [-0.2, -0.15) is 0 Å². The Morgan fingerprint density at radius 3 is 2.48 bits per heavy atom. The molecule has 1 aromatic heterocycles. The Bertz CT molecular complexity index is 739. The first-order valence-electron chi connectivity index (χ1n) is 7.24. The zero-order valence-electron chi connectivity index (χ0n) is 13.9. The summed E-state index contributed by atoms with van der Waals surface area (Å²) in [5.74, 6) is -0.599. The first kappa shape index (κ1) is 17.1. The Hall–Kier alpha value is -2.21. The molecule has 0 aliphatic rings. The minimum Gasteiger partial charge on any atom is -0.465 e. The van der Waals surface area contributed by atoms with Gasteiger partial charge in [-0.1, -0.05) is 6.07 Å². The van der Waals surface area contributed by atoms with E-state index in [1.807, 2.05) is 20.8 Å². The van der Waals surface area contributed by atoms with E-state index in [1.54, 1.807) is 47.5 Å². The standard InChI is InChI=1S/C17H20N2O3S/c1-10-15(23-12(3)18-10)11(2)19(4)16(20)13-7-6-8-14(9-13)17(21)22-5/h6-9,11H,1-5H3. The maximum absolute atomic E-state index is 12.7. The van der Waals surface area contributed by atoms with Crippen molar-refractivity contribution in [1.29, 1.82) is 0 Å². The van der Waals surface area contributed by atoms with Crippen molar-refractivity contribution >= 4 is 23.2 Å². The number of carbonyl (C=O) groups is 2. The highest BCUT2D eigenvalue weighted by Crippen LogP contribution is 2.29. The molecule has 2 rings (SSSR count). The van der Waals surface area contributed by atoms with Crippen LogP contribution in [-0.4, -0.2) is 35.9 Å². The van der Waals surface area contributed by atoms with Gasteiger partial charge < -0.3 is 9.64 Å². The lowest BCUT2D eigenvalue weighted by atomic mass is 10.1. The van der Waals surface area contributed by atoms with E-state index in [0.717, 1.165) is 15.6 Å². The number of hydrogen-bond acceptors (Lipinski definition) is 5. The third-order valence-corrected chi connectivity index (χ3v) is 4.99. The molecule has 0 radical (unpaired) electrons. The van der Waals surface area contributed by atoms with Crippen molar-refractivity contribution in [2.24, 2.45) is 0 Å². The smallest absolute Gasteiger partial charge is 0.337 e. The highest BCUT2D eigenvalue weighted by Gasteiger charge is 2.23. The van der Waals surface area contributed by atoms with Gasteiger partial charge in [0.15, 0.2) is 0 Å². The second kappa shape index (κ2) is 6.91. The van der Waals surface area contributed by atoms with E-state index in [4.69, 9.17) is 4.74 Å². The number of aryl methyl sites for hydroxylation is 2. The summed E-state index contributed by atoms with van der Waals surface area (Å²) in [6, 6.07) is 6.48. The fourth-order valence-electron chi connectivity index (χ4n) is 2.39. The molecule has 1 atom stereocenters. The fraction of sp³-hybridized carbons (Fsp3) is 0.353. The van der Waals surface area contributed by atoms with E-state index in [1.165, 1.54) is 7.11 Å². The summed E-state index contributed by atoms with van der Waals surface area (Å²) >= 11 is 1.60. The number of thiazole rings is 1. The minimum atomic E-state index is -0.454. The summed E-state index contributed by atoms with van der Waals surface area (Å²) in [7, 11) is 3.08. The number of amides is 1. The van der Waals surface area contributed by atoms with E-state index in [9.17, 15) is 9.59 Å². The molecule has 1 heterocycles. The molecule has 0 saturated heterocycles. The molecule has 1 unspecified atom stereocenters. The van der Waals surface area contributed by atoms with Gasteiger partial charge in [-0.05, 0) is 39.0 Å². The van der Waals surface area contributed by atoms with Crippen molar-refractivity contribution in [2.75, 3.05) is 14.2 Å². The molecule has 6 heteroatoms. The number of rotatable bonds is 4. The molecular weight excluding hydrogens is 312 g/mol. The molecule has 0 N–H and O–H groups in total. The van der Waals surface area contributed by atoms with Crippen LogP contribution in [0.25, 0.3) is 0 Å². The van der Waals surface area contributed by atoms with Gasteiger partial charge in [-0.25, -0.2) is 9.78 Å². The summed E-state index contributed by atoms with van der Waals surface area (Å²) in [6.45, 7) is 5.88. The minimum absolute atomic E-state index is 0.0875. The predicted molar refractivity (Wildman–Crippen MR) is 89.9 cm³/mol. The van der Waals surface area contributed by atoms with Crippen LogP contribution >= 0.6 is 11.3 Å². The van der Waals surface area contributed by atoms with Gasteiger partial charge in [-0.3, -0.25) is 4.79 Å². The highest BCUT2D eigenvalue weighted by atomic mass is 32.1. The lowest BCUT2D eigenvalue weighted by Gasteiger charge is -2.24. The van der Waals surface area contributed by atoms with Crippen LogP contribution in [0, 0.1) is 13.8 Å². The monoisotopic (exact) mass is 332 g/mol. The van der Waals surface area contributed by atoms with Crippen molar-refractivity contribution in [3.63, 3.8) is 0 Å². The van der Waals surface area contributed by atoms with Crippen LogP contribution < -0.4 is 0 Å². The third kappa shape index (κ3) is 3.59. The topological polar surface area (TPSA) is 59.5 Å². The van der Waals surface area contributed by atoms with Gasteiger partial charge in [0.1, 0.15) is 0 Å². The predicted octanol–water partition coefficient (Wildman–Crippen LogP) is 3.38. The van der Waals surface area contributed by atoms with Crippen molar-refractivity contribution in [3.05, 3.63) is 51.0 Å². The Balaban J connectivity index is 2.26. The number of ether oxygens (including phenoxy) is 1. The van der Waals surface area contributed by atoms with Crippen LogP contribution in [0.3, 0.4) is 0 Å². The molecule has 122 valence electrons. The largest absolute Gasteiger partial charge is 0.465 e. The molecule has 1 aromatic carbocycles. The van der Waals surface area contributed by atoms with Crippen LogP contribution in [0.4, 0.5) is 0 Å². The molecule has 1 amide bonds. The van der Waals surface area contributed by atoms with Crippen LogP contribution in [0.5, 0.6) is 0 Å². The highest BCUT2D eigenvalue weighted by molar-refractivity contribution is 7.11. The van der Waals surface area contributed by atoms with Crippen LogP contribution in [0.15, 0.2) is 24.3 Å². The van der Waals surface area contributed by atoms with Crippen LogP contribution in [0.2, 0.25) is 0 Å². The fourth-order valence-corrected chi connectivity index (χ4v) is 3.41. The zero-order chi connectivity index (χ0) is 17.1. The Morgan fingerprint density at radius 2 is 1.91 bits per heavy atom. The second-order valence-electron chi connectivity index (χ2n) is 5.35. The normalized spacial score (nSPS) is 11.9. The average molecular weight is 332 g/mol. The van der Waals surface area contributed by atoms with E-state index in [0.29, 0.717) is 11.1 Å². The summed E-state index contributed by atoms with van der Waals surface area (Å²) in [4.78, 5) is 31.5. The molecular formula is C17H20N2O3S. The number of nitrogens with zero attached hydrogens (tertiary/aromatic N) is 2. The van der Waals surface area contributed by atoms with Crippen molar-refractivity contribution in [3.8, 4) is 0 Å². The Morgan fingerprint density at radius 1 is 1.26 bits per heavy atom. The van der Waals surface area contributed by atoms with Gasteiger partial charge in [0.25, 0.3) is 5.91 Å². The quantitative estimate of drug-likeness (QED) is 0.805. The maximum atomic E-state index is 12.7. The molecule has 23 heavy (non-hydrogen) atoms. The summed E-state index contributed by atoms with van der Waals surface area (Å²) in [5.41, 5.74) is 1.77. The zero-order valence-corrected chi connectivity index (χ0v) is 14.7. The molecule has 5 nitrogen and oxygen atoms in total. The van der Waals surface area contributed by atoms with Crippen LogP contribution in [-0.2, 0) is 4.74 Å².